The van der Waals surface area contributed by atoms with Gasteiger partial charge in [0.15, 0.2) is 18.0 Å². The first-order valence-corrected chi connectivity index (χ1v) is 11.6. The average Bonchev–Trinajstić information content (AvgIpc) is 2.89. The number of methoxy groups -OCH3 is 4. The van der Waals surface area contributed by atoms with Crippen molar-refractivity contribution < 1.29 is 33.9 Å². The van der Waals surface area contributed by atoms with Crippen LogP contribution in [0.2, 0.25) is 0 Å². The minimum atomic E-state index is -0.354. The molecule has 3 N–H and O–H groups in total. The summed E-state index contributed by atoms with van der Waals surface area (Å²) in [4.78, 5) is 25.2. The Morgan fingerprint density at radius 1 is 0.914 bits per heavy atom. The molecule has 0 heterocycles. The van der Waals surface area contributed by atoms with Crippen LogP contribution in [0.1, 0.15) is 27.5 Å². The molecular weight excluding hydrogens is 516 g/mol. The zero-order valence-corrected chi connectivity index (χ0v) is 21.5. The summed E-state index contributed by atoms with van der Waals surface area (Å²) in [6.45, 7) is 0.114. The van der Waals surface area contributed by atoms with Crippen LogP contribution in [-0.2, 0) is 9.53 Å². The fraction of sp³-hybridized carbons (Fsp3) is 0.231. The summed E-state index contributed by atoms with van der Waals surface area (Å²) < 4.78 is 21.8. The molecule has 3 aromatic carbocycles. The lowest BCUT2D eigenvalue weighted by Gasteiger charge is -2.20. The average molecular weight is 544 g/mol. The summed E-state index contributed by atoms with van der Waals surface area (Å²) in [5, 5.41) is 4.87. The number of quaternary nitrogens is 1. The molecule has 8 nitrogen and oxygen atoms in total. The highest BCUT2D eigenvalue weighted by molar-refractivity contribution is 9.10. The number of nitrogens with one attached hydrogen (secondary N) is 1. The van der Waals surface area contributed by atoms with Gasteiger partial charge in [0.05, 0.1) is 34.1 Å². The molecule has 184 valence electrons. The van der Waals surface area contributed by atoms with E-state index in [1.165, 1.54) is 28.4 Å². The SMILES string of the molecule is COC(=O)C[NH2+]C(c1ccccc1)c1cc(Br)ccc1NC(=O)c1cc(OC)c(OC)c(OC)c1. The molecule has 1 unspecified atom stereocenters. The van der Waals surface area contributed by atoms with Crippen molar-refractivity contribution in [2.45, 2.75) is 6.04 Å². The van der Waals surface area contributed by atoms with Crippen molar-refractivity contribution in [3.8, 4) is 17.2 Å². The summed E-state index contributed by atoms with van der Waals surface area (Å²) in [7, 11) is 5.85. The van der Waals surface area contributed by atoms with Crippen LogP contribution >= 0.6 is 15.9 Å². The Hall–Kier alpha value is -3.56. The van der Waals surface area contributed by atoms with Gasteiger partial charge in [-0.15, -0.1) is 0 Å². The van der Waals surface area contributed by atoms with E-state index in [1.54, 1.807) is 12.1 Å². The summed E-state index contributed by atoms with van der Waals surface area (Å²) in [6.07, 6.45) is 0. The molecule has 3 aromatic rings. The number of halogens is 1. The van der Waals surface area contributed by atoms with Gasteiger partial charge in [-0.1, -0.05) is 46.3 Å². The largest absolute Gasteiger partial charge is 0.493 e. The maximum Gasteiger partial charge on any atom is 0.361 e. The van der Waals surface area contributed by atoms with Gasteiger partial charge in [-0.25, -0.2) is 4.79 Å². The summed E-state index contributed by atoms with van der Waals surface area (Å²) in [5.74, 6) is 0.456. The third-order valence-corrected chi connectivity index (χ3v) is 5.92. The predicted molar refractivity (Wildman–Crippen MR) is 135 cm³/mol. The topological polar surface area (TPSA) is 99.7 Å². The first-order valence-electron chi connectivity index (χ1n) is 10.8. The highest BCUT2D eigenvalue weighted by Crippen LogP contribution is 2.38. The van der Waals surface area contributed by atoms with Crippen molar-refractivity contribution in [3.05, 3.63) is 81.8 Å². The molecule has 0 spiro atoms. The third-order valence-electron chi connectivity index (χ3n) is 5.43. The summed E-state index contributed by atoms with van der Waals surface area (Å²) in [5.41, 5.74) is 2.72. The van der Waals surface area contributed by atoms with Gasteiger partial charge in [0.25, 0.3) is 5.91 Å². The van der Waals surface area contributed by atoms with E-state index in [1.807, 2.05) is 53.8 Å². The molecule has 0 radical (unpaired) electrons. The van der Waals surface area contributed by atoms with E-state index in [9.17, 15) is 9.59 Å². The normalized spacial score (nSPS) is 11.3. The lowest BCUT2D eigenvalue weighted by atomic mass is 9.96. The Bertz CT molecular complexity index is 1160. The van der Waals surface area contributed by atoms with Crippen molar-refractivity contribution in [1.82, 2.24) is 0 Å². The van der Waals surface area contributed by atoms with Crippen LogP contribution in [0.25, 0.3) is 0 Å². The van der Waals surface area contributed by atoms with Gasteiger partial charge in [-0.3, -0.25) is 4.79 Å². The van der Waals surface area contributed by atoms with E-state index in [-0.39, 0.29) is 24.5 Å². The second-order valence-electron chi connectivity index (χ2n) is 7.50. The Labute approximate surface area is 212 Å². The molecule has 0 aliphatic carbocycles. The minimum Gasteiger partial charge on any atom is -0.493 e. The van der Waals surface area contributed by atoms with Gasteiger partial charge in [0.1, 0.15) is 6.04 Å². The summed E-state index contributed by atoms with van der Waals surface area (Å²) >= 11 is 3.53. The van der Waals surface area contributed by atoms with Crippen LogP contribution in [-0.4, -0.2) is 46.9 Å². The zero-order valence-electron chi connectivity index (χ0n) is 20.0. The van der Waals surface area contributed by atoms with E-state index < -0.39 is 0 Å². The Morgan fingerprint density at radius 3 is 2.14 bits per heavy atom. The molecule has 0 aliphatic heterocycles. The number of ether oxygens (including phenoxy) is 4. The lowest BCUT2D eigenvalue weighted by molar-refractivity contribution is -0.677. The molecule has 0 saturated heterocycles. The first kappa shape index (κ1) is 26.1. The zero-order chi connectivity index (χ0) is 25.4. The second kappa shape index (κ2) is 12.2. The minimum absolute atomic E-state index is 0.114. The van der Waals surface area contributed by atoms with Crippen LogP contribution in [0.5, 0.6) is 17.2 Å². The smallest absolute Gasteiger partial charge is 0.361 e. The van der Waals surface area contributed by atoms with Gasteiger partial charge in [-0.05, 0) is 30.3 Å². The number of esters is 1. The second-order valence-corrected chi connectivity index (χ2v) is 8.42. The molecular formula is C26H28BrN2O6+. The fourth-order valence-corrected chi connectivity index (χ4v) is 4.09. The number of rotatable bonds is 10. The maximum atomic E-state index is 13.3. The van der Waals surface area contributed by atoms with E-state index in [4.69, 9.17) is 18.9 Å². The van der Waals surface area contributed by atoms with Crippen LogP contribution in [0.3, 0.4) is 0 Å². The maximum absolute atomic E-state index is 13.3. The van der Waals surface area contributed by atoms with E-state index >= 15 is 0 Å². The number of anilines is 1. The summed E-state index contributed by atoms with van der Waals surface area (Å²) in [6, 6.07) is 18.2. The monoisotopic (exact) mass is 543 g/mol. The highest BCUT2D eigenvalue weighted by Gasteiger charge is 2.24. The van der Waals surface area contributed by atoms with Crippen molar-refractivity contribution in [2.75, 3.05) is 40.3 Å². The van der Waals surface area contributed by atoms with E-state index in [0.717, 1.165) is 15.6 Å². The van der Waals surface area contributed by atoms with Crippen LogP contribution < -0.4 is 24.8 Å². The molecule has 0 aromatic heterocycles. The number of amides is 1. The van der Waals surface area contributed by atoms with Crippen molar-refractivity contribution in [2.24, 2.45) is 0 Å². The van der Waals surface area contributed by atoms with Gasteiger partial charge in [-0.2, -0.15) is 0 Å². The molecule has 1 atom stereocenters. The molecule has 0 fully saturated rings. The Kier molecular flexibility index (Phi) is 9.11. The molecule has 9 heteroatoms. The fourth-order valence-electron chi connectivity index (χ4n) is 3.71. The number of benzene rings is 3. The quantitative estimate of drug-likeness (QED) is 0.379. The number of carbonyl (C=O) groups is 2. The first-order chi connectivity index (χ1) is 16.9. The molecule has 1 amide bonds. The Morgan fingerprint density at radius 2 is 1.57 bits per heavy atom. The number of nitrogens with two attached hydrogens (primary N) is 1. The van der Waals surface area contributed by atoms with Crippen LogP contribution in [0.4, 0.5) is 5.69 Å². The van der Waals surface area contributed by atoms with Gasteiger partial charge < -0.3 is 29.6 Å². The van der Waals surface area contributed by atoms with E-state index in [2.05, 4.69) is 21.2 Å². The lowest BCUT2D eigenvalue weighted by Crippen LogP contribution is -2.87. The number of hydrogen-bond acceptors (Lipinski definition) is 6. The molecule has 0 aliphatic rings. The van der Waals surface area contributed by atoms with Crippen LogP contribution in [0, 0.1) is 0 Å². The molecule has 0 saturated carbocycles. The number of hydrogen-bond donors (Lipinski definition) is 2. The van der Waals surface area contributed by atoms with Gasteiger partial charge >= 0.3 is 5.97 Å². The predicted octanol–water partition coefficient (Wildman–Crippen LogP) is 3.55. The Balaban J connectivity index is 2.01. The van der Waals surface area contributed by atoms with Gasteiger partial charge in [0.2, 0.25) is 5.75 Å². The van der Waals surface area contributed by atoms with Crippen molar-refractivity contribution >= 4 is 33.5 Å². The number of carbonyl (C=O) groups excluding carboxylic acids is 2. The van der Waals surface area contributed by atoms with Gasteiger partial charge in [0, 0.05) is 21.2 Å². The van der Waals surface area contributed by atoms with Crippen LogP contribution in [0.15, 0.2) is 65.1 Å². The highest BCUT2D eigenvalue weighted by atomic mass is 79.9. The molecule has 35 heavy (non-hydrogen) atoms. The third kappa shape index (κ3) is 6.32. The molecule has 0 bridgehead atoms. The van der Waals surface area contributed by atoms with E-state index in [0.29, 0.717) is 28.5 Å². The standard InChI is InChI=1S/C26H27BrN2O6/c1-32-21-12-17(13-22(33-2)25(21)35-4)26(31)29-20-11-10-18(27)14-19(20)24(28-15-23(30)34-3)16-8-6-5-7-9-16/h5-14,24,28H,15H2,1-4H3,(H,29,31)/p+1. The van der Waals surface area contributed by atoms with Crippen molar-refractivity contribution in [1.29, 1.82) is 0 Å². The molecule has 3 rings (SSSR count). The van der Waals surface area contributed by atoms with Crippen molar-refractivity contribution in [3.63, 3.8) is 0 Å².